The van der Waals surface area contributed by atoms with E-state index in [0.717, 1.165) is 70.5 Å². The molecule has 3 atom stereocenters. The van der Waals surface area contributed by atoms with Crippen LogP contribution in [0.1, 0.15) is 71.7 Å². The highest BCUT2D eigenvalue weighted by Crippen LogP contribution is 2.41. The summed E-state index contributed by atoms with van der Waals surface area (Å²) in [5.74, 6) is -0.253. The highest BCUT2D eigenvalue weighted by atomic mass is 35.5. The van der Waals surface area contributed by atoms with Gasteiger partial charge in [0, 0.05) is 62.0 Å². The summed E-state index contributed by atoms with van der Waals surface area (Å²) < 4.78 is 13.8. The van der Waals surface area contributed by atoms with Crippen LogP contribution in [-0.2, 0) is 29.0 Å². The van der Waals surface area contributed by atoms with E-state index in [1.807, 2.05) is 80.1 Å². The van der Waals surface area contributed by atoms with Gasteiger partial charge in [0.05, 0.1) is 53.2 Å². The second-order valence-corrected chi connectivity index (χ2v) is 15.5. The lowest BCUT2D eigenvalue weighted by molar-refractivity contribution is -0.0366. The maximum absolute atomic E-state index is 13.9. The Bertz CT molecular complexity index is 2060. The third-order valence-electron chi connectivity index (χ3n) is 10.7. The Balaban J connectivity index is 1.20. The van der Waals surface area contributed by atoms with Crippen LogP contribution >= 0.6 is 11.6 Å². The summed E-state index contributed by atoms with van der Waals surface area (Å²) in [7, 11) is 3.95. The van der Waals surface area contributed by atoms with Crippen molar-refractivity contribution in [3.8, 4) is 6.07 Å². The number of benzene rings is 2. The third kappa shape index (κ3) is 8.37. The van der Waals surface area contributed by atoms with Gasteiger partial charge < -0.3 is 34.4 Å². The Hall–Kier alpha value is -4.90. The average molecular weight is 768 g/mol. The van der Waals surface area contributed by atoms with E-state index in [9.17, 15) is 14.9 Å². The molecule has 2 aromatic carbocycles. The molecule has 3 aliphatic heterocycles. The quantitative estimate of drug-likeness (QED) is 0.203. The van der Waals surface area contributed by atoms with Gasteiger partial charge in [-0.15, -0.1) is 0 Å². The first-order valence-corrected chi connectivity index (χ1v) is 19.6. The first kappa shape index (κ1) is 38.4. The number of aryl methyl sites for hydroxylation is 1. The number of rotatable bonds is 10. The van der Waals surface area contributed by atoms with Crippen LogP contribution in [0.3, 0.4) is 0 Å². The topological polar surface area (TPSA) is 132 Å². The van der Waals surface area contributed by atoms with Gasteiger partial charge in [-0.3, -0.25) is 4.79 Å². The van der Waals surface area contributed by atoms with Crippen LogP contribution in [0.25, 0.3) is 10.9 Å². The second-order valence-electron chi connectivity index (χ2n) is 15.2. The van der Waals surface area contributed by atoms with Gasteiger partial charge in [-0.05, 0) is 76.9 Å². The SMILES string of the molecule is Cc1cc2c(cnn2C2CCCCO2)c(N2CCc3c(N4CCN(C(=O)OCc5ccccc5)[C@@H](CC#N)C4)cc(C(=O)N[C@H](C)CN(C)C)nc3C2)c1Cl. The molecule has 7 rings (SSSR count). The van der Waals surface area contributed by atoms with Gasteiger partial charge in [0.25, 0.3) is 5.91 Å². The molecule has 13 nitrogen and oxygen atoms in total. The lowest BCUT2D eigenvalue weighted by Crippen LogP contribution is -2.55. The molecule has 1 N–H and O–H groups in total. The summed E-state index contributed by atoms with van der Waals surface area (Å²) in [6.07, 6.45) is 5.20. The van der Waals surface area contributed by atoms with Crippen LogP contribution < -0.4 is 15.1 Å². The summed E-state index contributed by atoms with van der Waals surface area (Å²) >= 11 is 7.13. The Morgan fingerprint density at radius 3 is 2.71 bits per heavy atom. The summed E-state index contributed by atoms with van der Waals surface area (Å²) in [5, 5.41) is 19.4. The number of nitrogens with zero attached hydrogens (tertiary/aromatic N) is 8. The molecule has 0 radical (unpaired) electrons. The third-order valence-corrected chi connectivity index (χ3v) is 11.2. The van der Waals surface area contributed by atoms with Crippen LogP contribution in [0, 0.1) is 18.3 Å². The van der Waals surface area contributed by atoms with Gasteiger partial charge in [-0.25, -0.2) is 14.5 Å². The average Bonchev–Trinajstić information content (AvgIpc) is 3.60. The zero-order valence-electron chi connectivity index (χ0n) is 32.1. The maximum atomic E-state index is 13.9. The van der Waals surface area contributed by atoms with Crippen LogP contribution in [0.5, 0.6) is 0 Å². The molecular formula is C41H50ClN9O4. The molecule has 0 saturated carbocycles. The Kier molecular flexibility index (Phi) is 11.8. The number of ether oxygens (including phenoxy) is 2. The molecular weight excluding hydrogens is 718 g/mol. The van der Waals surface area contributed by atoms with E-state index in [0.29, 0.717) is 56.4 Å². The Labute approximate surface area is 327 Å². The predicted octanol–water partition coefficient (Wildman–Crippen LogP) is 6.08. The number of hydrogen-bond acceptors (Lipinski definition) is 10. The second kappa shape index (κ2) is 16.9. The predicted molar refractivity (Wildman–Crippen MR) is 212 cm³/mol. The van der Waals surface area contributed by atoms with Crippen molar-refractivity contribution in [3.05, 3.63) is 81.8 Å². The molecule has 290 valence electrons. The van der Waals surface area contributed by atoms with E-state index in [-0.39, 0.29) is 31.2 Å². The number of likely N-dealkylation sites (N-methyl/N-ethyl adjacent to an activating group) is 1. The van der Waals surface area contributed by atoms with E-state index < -0.39 is 12.1 Å². The zero-order valence-corrected chi connectivity index (χ0v) is 32.9. The van der Waals surface area contributed by atoms with Gasteiger partial charge in [-0.2, -0.15) is 10.4 Å². The highest BCUT2D eigenvalue weighted by Gasteiger charge is 2.35. The molecule has 0 spiro atoms. The molecule has 2 amide bonds. The molecule has 2 saturated heterocycles. The number of hydrogen-bond donors (Lipinski definition) is 1. The summed E-state index contributed by atoms with van der Waals surface area (Å²) in [4.78, 5) is 40.4. The normalized spacial score (nSPS) is 19.3. The lowest BCUT2D eigenvalue weighted by atomic mass is 9.98. The number of nitriles is 1. The van der Waals surface area contributed by atoms with Gasteiger partial charge in [-0.1, -0.05) is 41.9 Å². The minimum atomic E-state index is -0.439. The van der Waals surface area contributed by atoms with E-state index >= 15 is 0 Å². The first-order chi connectivity index (χ1) is 26.6. The number of aromatic nitrogens is 3. The number of amides is 2. The van der Waals surface area contributed by atoms with E-state index in [4.69, 9.17) is 31.2 Å². The standard InChI is InChI=1S/C41H50ClN9O4/c1-27-20-36-32(22-44-51(36)37-12-8-9-19-54-37)39(38(27)42)49-16-14-31-34(25-49)46-33(40(52)45-28(2)23-47(3)4)21-35(31)48-17-18-50(30(24-48)13-15-43)41(53)55-26-29-10-6-5-7-11-29/h5-7,10-11,20-22,28,30,37H,8-9,12-14,16-19,23-26H2,1-4H3,(H,45,52)/t28-,30+,37?/m1/s1. The number of nitrogens with one attached hydrogen (secondary N) is 1. The van der Waals surface area contributed by atoms with Crippen LogP contribution in [-0.4, -0.2) is 102 Å². The van der Waals surface area contributed by atoms with Crippen LogP contribution in [0.2, 0.25) is 5.02 Å². The maximum Gasteiger partial charge on any atom is 0.410 e. The molecule has 3 aliphatic rings. The fourth-order valence-corrected chi connectivity index (χ4v) is 8.40. The van der Waals surface area contributed by atoms with Crippen molar-refractivity contribution >= 4 is 45.9 Å². The molecule has 0 aliphatic carbocycles. The van der Waals surface area contributed by atoms with Crippen LogP contribution in [0.4, 0.5) is 16.2 Å². The minimum Gasteiger partial charge on any atom is -0.445 e. The number of carbonyl (C=O) groups excluding carboxylic acids is 2. The van der Waals surface area contributed by atoms with Crippen molar-refractivity contribution in [2.75, 3.05) is 63.2 Å². The van der Waals surface area contributed by atoms with Crippen molar-refractivity contribution in [2.24, 2.45) is 0 Å². The number of carbonyl (C=O) groups is 2. The van der Waals surface area contributed by atoms with Gasteiger partial charge in [0.2, 0.25) is 0 Å². The van der Waals surface area contributed by atoms with Crippen molar-refractivity contribution < 1.29 is 19.1 Å². The molecule has 14 heteroatoms. The summed E-state index contributed by atoms with van der Waals surface area (Å²) in [5.41, 5.74) is 6.81. The number of pyridine rings is 1. The molecule has 0 bridgehead atoms. The first-order valence-electron chi connectivity index (χ1n) is 19.2. The molecule has 1 unspecified atom stereocenters. The fraction of sp³-hybridized carbons (Fsp3) is 0.488. The van der Waals surface area contributed by atoms with Crippen molar-refractivity contribution in [1.29, 1.82) is 5.26 Å². The van der Waals surface area contributed by atoms with Crippen molar-refractivity contribution in [3.63, 3.8) is 0 Å². The van der Waals surface area contributed by atoms with Gasteiger partial charge in [0.1, 0.15) is 12.3 Å². The molecule has 55 heavy (non-hydrogen) atoms. The van der Waals surface area contributed by atoms with Gasteiger partial charge in [0.15, 0.2) is 6.23 Å². The summed E-state index contributed by atoms with van der Waals surface area (Å²) in [6, 6.07) is 15.3. The highest BCUT2D eigenvalue weighted by molar-refractivity contribution is 6.35. The van der Waals surface area contributed by atoms with Gasteiger partial charge >= 0.3 is 6.09 Å². The van der Waals surface area contributed by atoms with E-state index in [1.165, 1.54) is 0 Å². The van der Waals surface area contributed by atoms with Crippen molar-refractivity contribution in [2.45, 2.75) is 77.4 Å². The zero-order chi connectivity index (χ0) is 38.6. The van der Waals surface area contributed by atoms with Crippen molar-refractivity contribution in [1.82, 2.24) is 29.9 Å². The fourth-order valence-electron chi connectivity index (χ4n) is 8.12. The minimum absolute atomic E-state index is 0.102. The Morgan fingerprint density at radius 1 is 1.15 bits per heavy atom. The van der Waals surface area contributed by atoms with Crippen LogP contribution in [0.15, 0.2) is 48.7 Å². The molecule has 2 aromatic heterocycles. The Morgan fingerprint density at radius 2 is 1.96 bits per heavy atom. The largest absolute Gasteiger partial charge is 0.445 e. The number of anilines is 2. The monoisotopic (exact) mass is 767 g/mol. The molecule has 2 fully saturated rings. The van der Waals surface area contributed by atoms with E-state index in [2.05, 4.69) is 27.3 Å². The lowest BCUT2D eigenvalue weighted by Gasteiger charge is -2.42. The number of halogens is 1. The molecule has 5 heterocycles. The van der Waals surface area contributed by atoms with E-state index in [1.54, 1.807) is 4.90 Å². The smallest absolute Gasteiger partial charge is 0.410 e. The summed E-state index contributed by atoms with van der Waals surface area (Å²) in [6.45, 7) is 7.95. The molecule has 4 aromatic rings. The number of piperazine rings is 1. The number of fused-ring (bicyclic) bond motifs is 2.